The molecule has 4 heterocycles. The number of halogens is 16. The standard InChI is InChI=1S/C22H23BF4N2O3.C22H21BF4N2O3.C22H27F4N3O3.C21H21BF4N2O3/c2*1-13-11-16(4-6-18(13)24)28-20(30)14-3-5-19(25)17(12-14)22(26,27)21(31)29-9-7-15(8-10-29)23(2)32;1-11-10-14(8-9-15(11)23)27-18(30)17-12(2)16(13(3)29(17)7)21(32,22(24,25)26)19(31)28-20(4,5)6;1-12-10-14(6-8-16(12)23)27-19(29)13-5-7-17(24)15(11-13)21(25,26)20(30)28-9-3-4-18(28)22(2)31/h3-6,11-12,15,32H,7-10H2,1-2H3,(H,28,30);3-7,11-12,32H,8-10H2,1-2H3,(H,28,30);8-10,32H,1-7H3,(H,27,30)(H,28,31);5-8,10-11,18,31H,3-4,9H2,1-2H3,(H,27,29)/t;;;18-/m...0/s1. The number of carbonyl (C=O) groups excluding carboxylic acids is 8. The largest absolute Gasteiger partial charge is 0.450 e. The SMILES string of the molecule is CB(O)C1=CCN(C(=O)C(F)(F)c2cc(C(=O)Nc3ccc(F)c(C)c3)ccc2F)CC1.CB(O)C1CCN(C(=O)C(F)(F)c2cc(C(=O)Nc3ccc(F)c(C)c3)ccc2F)CC1.CB(O)[C@@H]1CCCN1C(=O)C(F)(F)c1cc(C(=O)Nc2ccc(F)c(C)c2)ccc1F.Cc1cc(NC(=O)c2c(C)c(C(O)(C(=O)NC(C)(C)C)C(F)(F)F)c(C)n2C)ccc1F. The summed E-state index contributed by atoms with van der Waals surface area (Å²) in [5.41, 5.74) is -7.93. The number of anilines is 4. The molecule has 8 amide bonds. The number of aromatic nitrogens is 1. The third-order valence-electron chi connectivity index (χ3n) is 21.6. The summed E-state index contributed by atoms with van der Waals surface area (Å²) in [5, 5.41) is 51.7. The van der Waals surface area contributed by atoms with Gasteiger partial charge in [-0.3, -0.25) is 38.4 Å². The maximum Gasteiger partial charge on any atom is 0.430 e. The fourth-order valence-corrected chi connectivity index (χ4v) is 14.4. The van der Waals surface area contributed by atoms with E-state index >= 15 is 0 Å². The summed E-state index contributed by atoms with van der Waals surface area (Å²) in [6, 6.07) is 22.3. The molecule has 1 unspecified atom stereocenters. The van der Waals surface area contributed by atoms with Gasteiger partial charge in [0, 0.05) is 102 Å². The average molecular weight is 1790 g/mol. The number of piperidine rings is 1. The molecule has 0 spiro atoms. The van der Waals surface area contributed by atoms with Crippen LogP contribution in [0.4, 0.5) is 93.0 Å². The maximum atomic E-state index is 15.0. The number of alkyl halides is 9. The van der Waals surface area contributed by atoms with Crippen LogP contribution in [0.3, 0.4) is 0 Å². The number of carbonyl (C=O) groups is 8. The van der Waals surface area contributed by atoms with Crippen LogP contribution >= 0.6 is 0 Å². The highest BCUT2D eigenvalue weighted by molar-refractivity contribution is 6.57. The number of likely N-dealkylation sites (tertiary alicyclic amines) is 2. The fourth-order valence-electron chi connectivity index (χ4n) is 14.4. The van der Waals surface area contributed by atoms with Gasteiger partial charge in [0.2, 0.25) is 0 Å². The van der Waals surface area contributed by atoms with Crippen molar-refractivity contribution in [3.63, 3.8) is 0 Å². The lowest BCUT2D eigenvalue weighted by atomic mass is 9.55. The summed E-state index contributed by atoms with van der Waals surface area (Å²) < 4.78 is 230. The summed E-state index contributed by atoms with van der Waals surface area (Å²) >= 11 is 0. The Hall–Kier alpha value is -11.8. The van der Waals surface area contributed by atoms with E-state index in [9.17, 15) is 129 Å². The van der Waals surface area contributed by atoms with Gasteiger partial charge < -0.3 is 66.0 Å². The van der Waals surface area contributed by atoms with Crippen LogP contribution in [0.15, 0.2) is 139 Å². The minimum absolute atomic E-state index is 0.0235. The molecule has 2 saturated heterocycles. The third kappa shape index (κ3) is 23.5. The lowest BCUT2D eigenvalue weighted by Crippen LogP contribution is -2.58. The van der Waals surface area contributed by atoms with Crippen molar-refractivity contribution in [1.29, 1.82) is 0 Å². The Morgan fingerprint density at radius 1 is 0.441 bits per heavy atom. The van der Waals surface area contributed by atoms with Crippen molar-refractivity contribution in [3.05, 3.63) is 258 Å². The van der Waals surface area contributed by atoms with Crippen LogP contribution in [-0.4, -0.2) is 158 Å². The monoisotopic (exact) mass is 1790 g/mol. The Bertz CT molecular complexity index is 5530. The molecule has 3 aliphatic heterocycles. The number of aliphatic hydroxyl groups is 1. The lowest BCUT2D eigenvalue weighted by Gasteiger charge is -2.34. The smallest absolute Gasteiger partial charge is 0.430 e. The van der Waals surface area contributed by atoms with E-state index in [4.69, 9.17) is 0 Å². The molecule has 3 aliphatic rings. The molecule has 40 heteroatoms. The summed E-state index contributed by atoms with van der Waals surface area (Å²) in [6.45, 7) is 15.0. The molecular weight excluding hydrogens is 1700 g/mol. The predicted octanol–water partition coefficient (Wildman–Crippen LogP) is 15.9. The van der Waals surface area contributed by atoms with Gasteiger partial charge in [-0.15, -0.1) is 0 Å². The molecule has 1 aromatic heterocycles. The van der Waals surface area contributed by atoms with Crippen LogP contribution in [0.5, 0.6) is 0 Å². The number of benzene rings is 7. The van der Waals surface area contributed by atoms with E-state index in [0.717, 1.165) is 57.2 Å². The van der Waals surface area contributed by atoms with E-state index in [0.29, 0.717) is 67.6 Å². The van der Waals surface area contributed by atoms with Gasteiger partial charge in [-0.1, -0.05) is 32.0 Å². The molecule has 127 heavy (non-hydrogen) atoms. The first-order valence-electron chi connectivity index (χ1n) is 39.7. The highest BCUT2D eigenvalue weighted by Gasteiger charge is 2.63. The van der Waals surface area contributed by atoms with E-state index in [1.165, 1.54) is 142 Å². The lowest BCUT2D eigenvalue weighted by molar-refractivity contribution is -0.257. The average Bonchev–Trinajstić information content (AvgIpc) is 1.58. The summed E-state index contributed by atoms with van der Waals surface area (Å²) in [6.07, 6.45) is -2.11. The second-order valence-electron chi connectivity index (χ2n) is 32.2. The minimum Gasteiger partial charge on any atom is -0.450 e. The van der Waals surface area contributed by atoms with Crippen molar-refractivity contribution in [2.75, 3.05) is 54.0 Å². The normalized spacial score (nSPS) is 14.9. The Kier molecular flexibility index (Phi) is 32.1. The Balaban J connectivity index is 0.000000209. The predicted molar refractivity (Wildman–Crippen MR) is 445 cm³/mol. The van der Waals surface area contributed by atoms with E-state index in [1.807, 2.05) is 0 Å². The summed E-state index contributed by atoms with van der Waals surface area (Å²) in [5.74, 6) is -29.0. The topological polar surface area (TPSA) is 292 Å². The van der Waals surface area contributed by atoms with Crippen LogP contribution in [0.25, 0.3) is 0 Å². The maximum absolute atomic E-state index is 15.0. The zero-order valence-corrected chi connectivity index (χ0v) is 71.1. The molecule has 21 nitrogen and oxygen atoms in total. The number of hydrogen-bond donors (Lipinski definition) is 9. The summed E-state index contributed by atoms with van der Waals surface area (Å²) in [4.78, 5) is 103. The second kappa shape index (κ2) is 40.5. The van der Waals surface area contributed by atoms with Crippen LogP contribution in [-0.2, 0) is 49.6 Å². The molecule has 11 rings (SSSR count). The third-order valence-corrected chi connectivity index (χ3v) is 21.6. The van der Waals surface area contributed by atoms with Crippen molar-refractivity contribution in [3.8, 4) is 0 Å². The number of nitrogens with zero attached hydrogens (tertiary/aromatic N) is 4. The number of rotatable bonds is 19. The Morgan fingerprint density at radius 3 is 1.12 bits per heavy atom. The Labute approximate surface area is 721 Å². The zero-order valence-electron chi connectivity index (χ0n) is 71.1. The van der Waals surface area contributed by atoms with Crippen molar-refractivity contribution in [1.82, 2.24) is 24.6 Å². The number of amides is 8. The highest BCUT2D eigenvalue weighted by atomic mass is 19.4. The van der Waals surface area contributed by atoms with Gasteiger partial charge in [0.15, 0.2) is 0 Å². The quantitative estimate of drug-likeness (QED) is 0.0270. The van der Waals surface area contributed by atoms with Gasteiger partial charge in [-0.25, -0.2) is 30.7 Å². The fraction of sp³-hybridized carbons (Fsp3) is 0.356. The van der Waals surface area contributed by atoms with Crippen molar-refractivity contribution < 1.29 is 129 Å². The van der Waals surface area contributed by atoms with Crippen LogP contribution < -0.4 is 26.6 Å². The van der Waals surface area contributed by atoms with Gasteiger partial charge in [-0.2, -0.15) is 39.5 Å². The van der Waals surface area contributed by atoms with Crippen molar-refractivity contribution in [2.45, 2.75) is 162 Å². The molecule has 678 valence electrons. The van der Waals surface area contributed by atoms with Crippen LogP contribution in [0.1, 0.15) is 150 Å². The van der Waals surface area contributed by atoms with Crippen LogP contribution in [0, 0.1) is 82.3 Å². The molecule has 7 aromatic carbocycles. The van der Waals surface area contributed by atoms with Gasteiger partial charge in [-0.05, 0) is 255 Å². The van der Waals surface area contributed by atoms with Gasteiger partial charge in [0.1, 0.15) is 46.4 Å². The molecule has 8 aromatic rings. The second-order valence-corrected chi connectivity index (χ2v) is 32.2. The molecule has 9 N–H and O–H groups in total. The number of hydrogen-bond acceptors (Lipinski definition) is 12. The van der Waals surface area contributed by atoms with E-state index < -0.39 is 172 Å². The molecular formula is C87H92B3F16N9O12. The van der Waals surface area contributed by atoms with E-state index in [2.05, 4.69) is 26.6 Å². The number of aryl methyl sites for hydroxylation is 4. The molecule has 0 aliphatic carbocycles. The first kappa shape index (κ1) is 101. The highest BCUT2D eigenvalue weighted by Crippen LogP contribution is 2.45. The van der Waals surface area contributed by atoms with Crippen molar-refractivity contribution >= 4 is 90.8 Å². The Morgan fingerprint density at radius 2 is 0.795 bits per heavy atom. The zero-order chi connectivity index (χ0) is 95.0. The van der Waals surface area contributed by atoms with Crippen LogP contribution in [0.2, 0.25) is 26.3 Å². The van der Waals surface area contributed by atoms with E-state index in [1.54, 1.807) is 6.82 Å². The first-order chi connectivity index (χ1) is 58.9. The van der Waals surface area contributed by atoms with Crippen molar-refractivity contribution in [2.24, 2.45) is 7.05 Å². The molecule has 0 saturated carbocycles. The summed E-state index contributed by atoms with van der Waals surface area (Å²) in [7, 11) is 1.36. The molecule has 0 bridgehead atoms. The molecule has 2 atom stereocenters. The minimum atomic E-state index is -5.36. The first-order valence-corrected chi connectivity index (χ1v) is 39.7. The number of nitrogens with one attached hydrogen (secondary N) is 5. The van der Waals surface area contributed by atoms with E-state index in [-0.39, 0.29) is 124 Å². The molecule has 2 fully saturated rings. The van der Waals surface area contributed by atoms with Gasteiger partial charge >= 0.3 is 37.8 Å². The van der Waals surface area contributed by atoms with Gasteiger partial charge in [0.25, 0.3) is 59.8 Å². The van der Waals surface area contributed by atoms with Gasteiger partial charge in [0.05, 0.1) is 16.7 Å². The molecule has 0 radical (unpaired) electrons.